The second-order valence-electron chi connectivity index (χ2n) is 7.09. The molecule has 0 unspecified atom stereocenters. The maximum Gasteiger partial charge on any atom is 0.332 e. The van der Waals surface area contributed by atoms with Crippen molar-refractivity contribution in [3.05, 3.63) is 82.8 Å². The molecule has 0 bridgehead atoms. The minimum absolute atomic E-state index is 0.165. The number of para-hydroxylation sites is 1. The number of imide groups is 1. The fraction of sp³-hybridized carbons (Fsp3) is 0.174. The molecule has 1 aliphatic rings. The number of rotatable bonds is 7. The summed E-state index contributed by atoms with van der Waals surface area (Å²) in [6.07, 6.45) is 0.409. The molecule has 1 aliphatic heterocycles. The average molecular weight is 437 g/mol. The highest BCUT2D eigenvalue weighted by Crippen LogP contribution is 2.28. The number of hydrogen-bond donors (Lipinski definition) is 1. The Morgan fingerprint density at radius 1 is 1.00 bits per heavy atom. The monoisotopic (exact) mass is 437 g/mol. The summed E-state index contributed by atoms with van der Waals surface area (Å²) in [5, 5.41) is 4.71. The van der Waals surface area contributed by atoms with Crippen LogP contribution in [0.5, 0.6) is 0 Å². The van der Waals surface area contributed by atoms with Gasteiger partial charge in [-0.05, 0) is 54.3 Å². The molecule has 1 fully saturated rings. The lowest BCUT2D eigenvalue weighted by atomic mass is 10.1. The molecule has 8 heteroatoms. The number of carbonyl (C=O) groups is 3. The Hall–Kier alpha value is -3.52. The van der Waals surface area contributed by atoms with Crippen molar-refractivity contribution < 1.29 is 18.8 Å². The number of urea groups is 1. The van der Waals surface area contributed by atoms with Crippen LogP contribution in [0.15, 0.2) is 72.1 Å². The molecule has 1 atom stereocenters. The van der Waals surface area contributed by atoms with Crippen LogP contribution in [0.2, 0.25) is 0 Å². The molecule has 4 amide bonds. The molecule has 0 radical (unpaired) electrons. The van der Waals surface area contributed by atoms with Crippen LogP contribution < -0.4 is 10.2 Å². The van der Waals surface area contributed by atoms with Gasteiger partial charge in [-0.15, -0.1) is 11.3 Å². The van der Waals surface area contributed by atoms with E-state index in [1.807, 2.05) is 23.6 Å². The molecule has 0 aliphatic carbocycles. The van der Waals surface area contributed by atoms with Crippen LogP contribution in [-0.4, -0.2) is 35.3 Å². The van der Waals surface area contributed by atoms with Gasteiger partial charge >= 0.3 is 6.03 Å². The van der Waals surface area contributed by atoms with E-state index in [0.717, 1.165) is 9.78 Å². The van der Waals surface area contributed by atoms with Crippen LogP contribution in [0.1, 0.15) is 11.3 Å². The Bertz CT molecular complexity index is 1070. The highest BCUT2D eigenvalue weighted by Gasteiger charge is 2.46. The SMILES string of the molecule is O=C(C[C@H]1C(=O)N(c2ccc(F)cc2)C(=O)N1CCc1cccs1)Nc1ccccc1. The normalized spacial score (nSPS) is 16.1. The molecule has 1 saturated heterocycles. The third-order valence-electron chi connectivity index (χ3n) is 5.02. The zero-order chi connectivity index (χ0) is 21.8. The second kappa shape index (κ2) is 9.09. The smallest absolute Gasteiger partial charge is 0.326 e. The molecule has 2 aromatic carbocycles. The topological polar surface area (TPSA) is 69.7 Å². The molecular formula is C23H20FN3O3S. The first-order valence-corrected chi connectivity index (χ1v) is 10.7. The molecule has 4 rings (SSSR count). The Balaban J connectivity index is 1.55. The summed E-state index contributed by atoms with van der Waals surface area (Å²) in [5.41, 5.74) is 0.897. The summed E-state index contributed by atoms with van der Waals surface area (Å²) in [6.45, 7) is 0.298. The lowest BCUT2D eigenvalue weighted by Gasteiger charge is -2.21. The van der Waals surface area contributed by atoms with Crippen LogP contribution in [0, 0.1) is 5.82 Å². The van der Waals surface area contributed by atoms with Crippen molar-refractivity contribution >= 4 is 40.6 Å². The molecule has 3 aromatic rings. The third-order valence-corrected chi connectivity index (χ3v) is 5.96. The summed E-state index contributed by atoms with van der Waals surface area (Å²) >= 11 is 1.57. The summed E-state index contributed by atoms with van der Waals surface area (Å²) < 4.78 is 13.3. The Morgan fingerprint density at radius 2 is 1.74 bits per heavy atom. The number of thiophene rings is 1. The largest absolute Gasteiger partial charge is 0.332 e. The zero-order valence-electron chi connectivity index (χ0n) is 16.5. The molecule has 0 spiro atoms. The van der Waals surface area contributed by atoms with E-state index in [1.54, 1.807) is 35.6 Å². The van der Waals surface area contributed by atoms with Gasteiger partial charge in [0.05, 0.1) is 12.1 Å². The summed E-state index contributed by atoms with van der Waals surface area (Å²) in [4.78, 5) is 42.4. The molecular weight excluding hydrogens is 417 g/mol. The van der Waals surface area contributed by atoms with E-state index in [9.17, 15) is 18.8 Å². The van der Waals surface area contributed by atoms with Gasteiger partial charge in [0, 0.05) is 17.1 Å². The maximum atomic E-state index is 13.3. The molecule has 6 nitrogen and oxygen atoms in total. The lowest BCUT2D eigenvalue weighted by Crippen LogP contribution is -2.39. The number of nitrogens with zero attached hydrogens (tertiary/aromatic N) is 2. The van der Waals surface area contributed by atoms with E-state index >= 15 is 0 Å². The summed E-state index contributed by atoms with van der Waals surface area (Å²) in [7, 11) is 0. The molecule has 1 N–H and O–H groups in total. The van der Waals surface area contributed by atoms with Crippen molar-refractivity contribution in [2.24, 2.45) is 0 Å². The summed E-state index contributed by atoms with van der Waals surface area (Å²) in [6, 6.07) is 16.5. The number of halogens is 1. The lowest BCUT2D eigenvalue weighted by molar-refractivity contribution is -0.124. The standard InChI is InChI=1S/C23H20FN3O3S/c24-16-8-10-18(11-9-16)27-22(29)20(15-21(28)25-17-5-2-1-3-6-17)26(23(27)30)13-12-19-7-4-14-31-19/h1-11,14,20H,12-13,15H2,(H,25,28)/t20-/m0/s1. The van der Waals surface area contributed by atoms with Gasteiger partial charge in [-0.25, -0.2) is 14.1 Å². The van der Waals surface area contributed by atoms with Crippen LogP contribution in [-0.2, 0) is 16.0 Å². The van der Waals surface area contributed by atoms with Crippen LogP contribution in [0.4, 0.5) is 20.6 Å². The highest BCUT2D eigenvalue weighted by atomic mass is 32.1. The number of nitrogens with one attached hydrogen (secondary N) is 1. The van der Waals surface area contributed by atoms with Crippen molar-refractivity contribution in [3.63, 3.8) is 0 Å². The Kier molecular flexibility index (Phi) is 6.08. The Labute approximate surface area is 182 Å². The summed E-state index contributed by atoms with van der Waals surface area (Å²) in [5.74, 6) is -1.32. The van der Waals surface area contributed by atoms with Crippen LogP contribution in [0.3, 0.4) is 0 Å². The number of benzene rings is 2. The van der Waals surface area contributed by atoms with Crippen molar-refractivity contribution in [2.45, 2.75) is 18.9 Å². The van der Waals surface area contributed by atoms with Crippen LogP contribution in [0.25, 0.3) is 0 Å². The number of anilines is 2. The van der Waals surface area contributed by atoms with E-state index in [1.165, 1.54) is 29.2 Å². The number of amides is 4. The van der Waals surface area contributed by atoms with Gasteiger partial charge in [0.1, 0.15) is 11.9 Å². The minimum atomic E-state index is -0.929. The number of carbonyl (C=O) groups excluding carboxylic acids is 3. The predicted molar refractivity (Wildman–Crippen MR) is 117 cm³/mol. The minimum Gasteiger partial charge on any atom is -0.326 e. The van der Waals surface area contributed by atoms with Gasteiger partial charge < -0.3 is 10.2 Å². The molecule has 2 heterocycles. The molecule has 0 saturated carbocycles. The van der Waals surface area contributed by atoms with Gasteiger partial charge in [0.25, 0.3) is 5.91 Å². The van der Waals surface area contributed by atoms with Crippen LogP contribution >= 0.6 is 11.3 Å². The molecule has 31 heavy (non-hydrogen) atoms. The average Bonchev–Trinajstić information content (AvgIpc) is 3.35. The van der Waals surface area contributed by atoms with E-state index in [4.69, 9.17) is 0 Å². The van der Waals surface area contributed by atoms with Gasteiger partial charge in [-0.3, -0.25) is 9.59 Å². The zero-order valence-corrected chi connectivity index (χ0v) is 17.3. The van der Waals surface area contributed by atoms with Gasteiger partial charge in [-0.2, -0.15) is 0 Å². The Morgan fingerprint density at radius 3 is 2.42 bits per heavy atom. The fourth-order valence-corrected chi connectivity index (χ4v) is 4.21. The van der Waals surface area contributed by atoms with Gasteiger partial charge in [0.15, 0.2) is 0 Å². The first-order valence-electron chi connectivity index (χ1n) is 9.80. The van der Waals surface area contributed by atoms with Crippen molar-refractivity contribution in [3.8, 4) is 0 Å². The quantitative estimate of drug-likeness (QED) is 0.561. The van der Waals surface area contributed by atoms with Crippen molar-refractivity contribution in [1.29, 1.82) is 0 Å². The van der Waals surface area contributed by atoms with E-state index < -0.39 is 23.8 Å². The van der Waals surface area contributed by atoms with E-state index in [0.29, 0.717) is 18.7 Å². The van der Waals surface area contributed by atoms with E-state index in [-0.39, 0.29) is 18.0 Å². The molecule has 158 valence electrons. The van der Waals surface area contributed by atoms with E-state index in [2.05, 4.69) is 5.32 Å². The third kappa shape index (κ3) is 4.64. The fourth-order valence-electron chi connectivity index (χ4n) is 3.51. The highest BCUT2D eigenvalue weighted by molar-refractivity contribution is 7.09. The van der Waals surface area contributed by atoms with Crippen molar-refractivity contribution in [1.82, 2.24) is 4.90 Å². The first kappa shape index (κ1) is 20.7. The second-order valence-corrected chi connectivity index (χ2v) is 8.12. The maximum absolute atomic E-state index is 13.3. The molecule has 1 aromatic heterocycles. The first-order chi connectivity index (χ1) is 15.0. The predicted octanol–water partition coefficient (Wildman–Crippen LogP) is 4.30. The van der Waals surface area contributed by atoms with Gasteiger partial charge in [-0.1, -0.05) is 24.3 Å². The van der Waals surface area contributed by atoms with Gasteiger partial charge in [0.2, 0.25) is 5.91 Å². The number of hydrogen-bond acceptors (Lipinski definition) is 4. The van der Waals surface area contributed by atoms with Crippen molar-refractivity contribution in [2.75, 3.05) is 16.8 Å².